The molecule has 0 aromatic heterocycles. The van der Waals surface area contributed by atoms with E-state index in [9.17, 15) is 18.0 Å². The summed E-state index contributed by atoms with van der Waals surface area (Å²) in [6.07, 6.45) is -4.46. The number of hydrogen-bond acceptors (Lipinski definition) is 2. The number of benzene rings is 1. The van der Waals surface area contributed by atoms with Gasteiger partial charge in [-0.25, -0.2) is 4.79 Å². The molecule has 18 heavy (non-hydrogen) atoms. The summed E-state index contributed by atoms with van der Waals surface area (Å²) in [7, 11) is 0. The molecular weight excluding hydrogens is 383 g/mol. The van der Waals surface area contributed by atoms with Gasteiger partial charge in [0.25, 0.3) is 0 Å². The van der Waals surface area contributed by atoms with Gasteiger partial charge in [-0.1, -0.05) is 15.9 Å². The van der Waals surface area contributed by atoms with Crippen LogP contribution in [0.1, 0.15) is 0 Å². The van der Waals surface area contributed by atoms with E-state index in [0.29, 0.717) is 8.95 Å². The highest BCUT2D eigenvalue weighted by Crippen LogP contribution is 2.32. The fourth-order valence-electron chi connectivity index (χ4n) is 1.06. The van der Waals surface area contributed by atoms with E-state index in [4.69, 9.17) is 5.73 Å². The minimum absolute atomic E-state index is 0.206. The maximum absolute atomic E-state index is 11.9. The Morgan fingerprint density at radius 1 is 1.33 bits per heavy atom. The maximum Gasteiger partial charge on any atom is 0.405 e. The number of nitrogen functional groups attached to an aromatic ring is 1. The summed E-state index contributed by atoms with van der Waals surface area (Å²) in [6.45, 7) is -1.41. The molecule has 0 heterocycles. The summed E-state index contributed by atoms with van der Waals surface area (Å²) in [5.41, 5.74) is 6.05. The Morgan fingerprint density at radius 2 is 1.94 bits per heavy atom. The number of carbonyl (C=O) groups is 1. The summed E-state index contributed by atoms with van der Waals surface area (Å²) in [5, 5.41) is 3.91. The lowest BCUT2D eigenvalue weighted by Gasteiger charge is -2.13. The van der Waals surface area contributed by atoms with Gasteiger partial charge in [-0.05, 0) is 28.1 Å². The molecule has 0 aliphatic rings. The van der Waals surface area contributed by atoms with Gasteiger partial charge in [0.2, 0.25) is 0 Å². The van der Waals surface area contributed by atoms with Crippen molar-refractivity contribution < 1.29 is 18.0 Å². The molecule has 1 rings (SSSR count). The number of rotatable bonds is 2. The van der Waals surface area contributed by atoms with Crippen LogP contribution in [0, 0.1) is 0 Å². The molecule has 0 saturated carbocycles. The minimum atomic E-state index is -4.46. The van der Waals surface area contributed by atoms with Gasteiger partial charge < -0.3 is 16.4 Å². The minimum Gasteiger partial charge on any atom is -0.397 e. The first-order valence-corrected chi connectivity index (χ1v) is 6.14. The molecule has 0 bridgehead atoms. The third-order valence-corrected chi connectivity index (χ3v) is 2.86. The molecule has 0 radical (unpaired) electrons. The van der Waals surface area contributed by atoms with E-state index in [1.165, 1.54) is 6.07 Å². The van der Waals surface area contributed by atoms with Crippen LogP contribution < -0.4 is 16.4 Å². The smallest absolute Gasteiger partial charge is 0.397 e. The number of halogens is 5. The Kier molecular flexibility index (Phi) is 4.85. The van der Waals surface area contributed by atoms with Crippen LogP contribution in [0.4, 0.5) is 29.3 Å². The lowest BCUT2D eigenvalue weighted by Crippen LogP contribution is -2.36. The van der Waals surface area contributed by atoms with Crippen LogP contribution in [0.15, 0.2) is 21.1 Å². The van der Waals surface area contributed by atoms with Crippen LogP contribution in [0.3, 0.4) is 0 Å². The molecule has 0 fully saturated rings. The van der Waals surface area contributed by atoms with Crippen LogP contribution in [0.25, 0.3) is 0 Å². The molecule has 100 valence electrons. The molecule has 1 aromatic carbocycles. The second-order valence-electron chi connectivity index (χ2n) is 3.27. The van der Waals surface area contributed by atoms with Crippen molar-refractivity contribution in [2.75, 3.05) is 17.6 Å². The van der Waals surface area contributed by atoms with Gasteiger partial charge in [-0.3, -0.25) is 0 Å². The van der Waals surface area contributed by atoms with Gasteiger partial charge in [0.1, 0.15) is 6.54 Å². The molecule has 4 N–H and O–H groups in total. The molecular formula is C9H8Br2F3N3O. The van der Waals surface area contributed by atoms with Crippen molar-refractivity contribution in [3.8, 4) is 0 Å². The first kappa shape index (κ1) is 15.1. The summed E-state index contributed by atoms with van der Waals surface area (Å²) >= 11 is 6.33. The quantitative estimate of drug-likeness (QED) is 0.677. The molecule has 2 amide bonds. The highest BCUT2D eigenvalue weighted by atomic mass is 79.9. The van der Waals surface area contributed by atoms with Gasteiger partial charge in [0.15, 0.2) is 0 Å². The number of carbonyl (C=O) groups excluding carboxylic acids is 1. The molecule has 4 nitrogen and oxygen atoms in total. The fraction of sp³-hybridized carbons (Fsp3) is 0.222. The van der Waals surface area contributed by atoms with Crippen molar-refractivity contribution >= 4 is 49.3 Å². The lowest BCUT2D eigenvalue weighted by atomic mass is 10.3. The third-order valence-electron chi connectivity index (χ3n) is 1.77. The van der Waals surface area contributed by atoms with Gasteiger partial charge in [0, 0.05) is 8.95 Å². The SMILES string of the molecule is Nc1cc(Br)cc(Br)c1NC(=O)NCC(F)(F)F. The van der Waals surface area contributed by atoms with E-state index >= 15 is 0 Å². The van der Waals surface area contributed by atoms with Gasteiger partial charge >= 0.3 is 12.2 Å². The van der Waals surface area contributed by atoms with Gasteiger partial charge in [-0.2, -0.15) is 13.2 Å². The number of amides is 2. The van der Waals surface area contributed by atoms with Crippen LogP contribution in [0.2, 0.25) is 0 Å². The lowest BCUT2D eigenvalue weighted by molar-refractivity contribution is -0.122. The van der Waals surface area contributed by atoms with E-state index in [1.54, 1.807) is 11.4 Å². The zero-order valence-electron chi connectivity index (χ0n) is 8.74. The average molecular weight is 391 g/mol. The second kappa shape index (κ2) is 5.79. The second-order valence-corrected chi connectivity index (χ2v) is 5.04. The van der Waals surface area contributed by atoms with Crippen LogP contribution in [-0.4, -0.2) is 18.8 Å². The van der Waals surface area contributed by atoms with Crippen molar-refractivity contribution in [2.24, 2.45) is 0 Å². The number of hydrogen-bond donors (Lipinski definition) is 3. The number of anilines is 2. The van der Waals surface area contributed by atoms with E-state index < -0.39 is 18.8 Å². The standard InChI is InChI=1S/C9H8Br2F3N3O/c10-4-1-5(11)7(6(15)2-4)17-8(18)16-3-9(12,13)14/h1-2H,3,15H2,(H2,16,17,18). The summed E-state index contributed by atoms with van der Waals surface area (Å²) in [6, 6.07) is 2.14. The van der Waals surface area contributed by atoms with E-state index in [1.807, 2.05) is 0 Å². The molecule has 0 saturated heterocycles. The number of nitrogens with one attached hydrogen (secondary N) is 2. The average Bonchev–Trinajstić information content (AvgIpc) is 2.19. The Balaban J connectivity index is 2.71. The zero-order valence-corrected chi connectivity index (χ0v) is 11.9. The zero-order chi connectivity index (χ0) is 13.9. The van der Waals surface area contributed by atoms with Gasteiger partial charge in [0.05, 0.1) is 11.4 Å². The van der Waals surface area contributed by atoms with Crippen LogP contribution >= 0.6 is 31.9 Å². The molecule has 0 unspecified atom stereocenters. The van der Waals surface area contributed by atoms with Crippen molar-refractivity contribution in [3.63, 3.8) is 0 Å². The normalized spacial score (nSPS) is 11.2. The largest absolute Gasteiger partial charge is 0.405 e. The third kappa shape index (κ3) is 4.73. The van der Waals surface area contributed by atoms with Crippen molar-refractivity contribution in [3.05, 3.63) is 21.1 Å². The van der Waals surface area contributed by atoms with Gasteiger partial charge in [-0.15, -0.1) is 0 Å². The van der Waals surface area contributed by atoms with Crippen LogP contribution in [-0.2, 0) is 0 Å². The van der Waals surface area contributed by atoms with E-state index in [-0.39, 0.29) is 11.4 Å². The predicted octanol–water partition coefficient (Wildman–Crippen LogP) is 3.48. The molecule has 0 aliphatic carbocycles. The van der Waals surface area contributed by atoms with E-state index in [2.05, 4.69) is 37.2 Å². The Bertz CT molecular complexity index is 442. The Hall–Kier alpha value is -0.960. The first-order chi connectivity index (χ1) is 8.19. The number of urea groups is 1. The Morgan fingerprint density at radius 3 is 2.44 bits per heavy atom. The summed E-state index contributed by atoms with van der Waals surface area (Å²) in [4.78, 5) is 11.2. The highest BCUT2D eigenvalue weighted by molar-refractivity contribution is 9.11. The number of alkyl halides is 3. The molecule has 0 spiro atoms. The van der Waals surface area contributed by atoms with Crippen molar-refractivity contribution in [2.45, 2.75) is 6.18 Å². The number of nitrogens with two attached hydrogens (primary N) is 1. The van der Waals surface area contributed by atoms with E-state index in [0.717, 1.165) is 0 Å². The predicted molar refractivity (Wildman–Crippen MR) is 69.3 cm³/mol. The van der Waals surface area contributed by atoms with Crippen LogP contribution in [0.5, 0.6) is 0 Å². The van der Waals surface area contributed by atoms with Crippen molar-refractivity contribution in [1.82, 2.24) is 5.32 Å². The summed E-state index contributed by atoms with van der Waals surface area (Å²) in [5.74, 6) is 0. The maximum atomic E-state index is 11.9. The molecule has 1 aromatic rings. The first-order valence-electron chi connectivity index (χ1n) is 4.55. The molecule has 0 aliphatic heterocycles. The Labute approximate surface area is 117 Å². The highest BCUT2D eigenvalue weighted by Gasteiger charge is 2.27. The summed E-state index contributed by atoms with van der Waals surface area (Å²) < 4.78 is 36.8. The topological polar surface area (TPSA) is 67.1 Å². The molecule has 0 atom stereocenters. The molecule has 9 heteroatoms. The monoisotopic (exact) mass is 389 g/mol. The van der Waals surface area contributed by atoms with Crippen molar-refractivity contribution in [1.29, 1.82) is 0 Å². The fourth-order valence-corrected chi connectivity index (χ4v) is 2.42.